The van der Waals surface area contributed by atoms with Gasteiger partial charge in [0, 0.05) is 36.1 Å². The Morgan fingerprint density at radius 3 is 2.92 bits per heavy atom. The number of hydrogen-bond acceptors (Lipinski definition) is 4. The summed E-state index contributed by atoms with van der Waals surface area (Å²) in [7, 11) is 0. The lowest BCUT2D eigenvalue weighted by atomic mass is 10.1. The zero-order valence-corrected chi connectivity index (χ0v) is 14.0. The molecule has 126 valence electrons. The van der Waals surface area contributed by atoms with Crippen molar-refractivity contribution in [3.63, 3.8) is 0 Å². The van der Waals surface area contributed by atoms with Crippen molar-refractivity contribution in [2.45, 2.75) is 19.8 Å². The number of carbonyl (C=O) groups excluding carboxylic acids is 1. The summed E-state index contributed by atoms with van der Waals surface area (Å²) < 4.78 is 0. The summed E-state index contributed by atoms with van der Waals surface area (Å²) in [6, 6.07) is 9.55. The fourth-order valence-electron chi connectivity index (χ4n) is 3.13. The van der Waals surface area contributed by atoms with Crippen molar-refractivity contribution in [3.05, 3.63) is 53.3 Å². The van der Waals surface area contributed by atoms with E-state index in [1.54, 1.807) is 6.20 Å². The highest BCUT2D eigenvalue weighted by atomic mass is 16.1. The molecule has 0 saturated carbocycles. The minimum absolute atomic E-state index is 0.0378. The van der Waals surface area contributed by atoms with E-state index in [2.05, 4.69) is 27.2 Å². The monoisotopic (exact) mass is 333 g/mol. The van der Waals surface area contributed by atoms with E-state index in [1.807, 2.05) is 30.3 Å². The number of aromatic amines is 1. The minimum atomic E-state index is -0.0378. The van der Waals surface area contributed by atoms with Gasteiger partial charge in [-0.3, -0.25) is 4.79 Å². The number of carbonyl (C=O) groups is 1. The smallest absolute Gasteiger partial charge is 0.253 e. The quantitative estimate of drug-likeness (QED) is 0.642. The number of aryl methyl sites for hydroxylation is 1. The minimum Gasteiger partial charge on any atom is -0.399 e. The number of hydrogen-bond donors (Lipinski definition) is 3. The molecule has 2 aromatic heterocycles. The van der Waals surface area contributed by atoms with Gasteiger partial charge in [0.05, 0.1) is 17.0 Å². The van der Waals surface area contributed by atoms with E-state index in [1.165, 1.54) is 0 Å². The molecular weight excluding hydrogens is 314 g/mol. The van der Waals surface area contributed by atoms with Crippen molar-refractivity contribution in [1.82, 2.24) is 20.3 Å². The average molecular weight is 333 g/mol. The molecule has 1 aromatic carbocycles. The second-order valence-corrected chi connectivity index (χ2v) is 6.11. The molecule has 0 spiro atoms. The predicted octanol–water partition coefficient (Wildman–Crippen LogP) is 2.57. The zero-order chi connectivity index (χ0) is 17.4. The van der Waals surface area contributed by atoms with Crippen LogP contribution in [0.1, 0.15) is 28.5 Å². The highest BCUT2D eigenvalue weighted by molar-refractivity contribution is 5.97. The van der Waals surface area contributed by atoms with Crippen LogP contribution in [0.3, 0.4) is 0 Å². The molecule has 3 aromatic rings. The molecule has 0 aliphatic carbocycles. The third-order valence-corrected chi connectivity index (χ3v) is 4.52. The summed E-state index contributed by atoms with van der Waals surface area (Å²) in [5.41, 5.74) is 12.0. The second-order valence-electron chi connectivity index (χ2n) is 6.11. The van der Waals surface area contributed by atoms with Crippen LogP contribution in [-0.4, -0.2) is 27.4 Å². The van der Waals surface area contributed by atoms with Gasteiger partial charge in [-0.05, 0) is 42.3 Å². The van der Waals surface area contributed by atoms with Gasteiger partial charge in [0.1, 0.15) is 0 Å². The molecule has 0 fully saturated rings. The number of anilines is 1. The number of benzene rings is 1. The second kappa shape index (κ2) is 6.05. The van der Waals surface area contributed by atoms with Crippen LogP contribution in [0.2, 0.25) is 0 Å². The summed E-state index contributed by atoms with van der Waals surface area (Å²) in [6.45, 7) is 2.73. The van der Waals surface area contributed by atoms with Crippen LogP contribution in [0.25, 0.3) is 22.8 Å². The van der Waals surface area contributed by atoms with Crippen LogP contribution < -0.4 is 11.1 Å². The van der Waals surface area contributed by atoms with Gasteiger partial charge in [0.2, 0.25) is 0 Å². The van der Waals surface area contributed by atoms with E-state index < -0.39 is 0 Å². The topological polar surface area (TPSA) is 96.7 Å². The number of nitrogens with one attached hydrogen (secondary N) is 2. The molecule has 4 rings (SSSR count). The van der Waals surface area contributed by atoms with E-state index >= 15 is 0 Å². The lowest BCUT2D eigenvalue weighted by Crippen LogP contribution is -2.31. The summed E-state index contributed by atoms with van der Waals surface area (Å²) in [5.74, 6) is 0.605. The highest BCUT2D eigenvalue weighted by Crippen LogP contribution is 2.26. The van der Waals surface area contributed by atoms with Crippen molar-refractivity contribution in [2.24, 2.45) is 0 Å². The molecule has 0 saturated heterocycles. The number of nitrogens with zero attached hydrogens (tertiary/aromatic N) is 2. The molecule has 6 nitrogen and oxygen atoms in total. The van der Waals surface area contributed by atoms with Gasteiger partial charge in [0.15, 0.2) is 5.82 Å². The van der Waals surface area contributed by atoms with Crippen LogP contribution in [0.15, 0.2) is 36.5 Å². The SMILES string of the molecule is CCc1cc(-c2nccc(-c3cc4c([nH]3)CCNC4=O)n2)ccc1N. The Morgan fingerprint density at radius 1 is 1.24 bits per heavy atom. The summed E-state index contributed by atoms with van der Waals surface area (Å²) in [5, 5.41) is 2.85. The van der Waals surface area contributed by atoms with Gasteiger partial charge in [-0.25, -0.2) is 9.97 Å². The van der Waals surface area contributed by atoms with Crippen LogP contribution in [0.4, 0.5) is 5.69 Å². The van der Waals surface area contributed by atoms with Crippen molar-refractivity contribution in [3.8, 4) is 22.8 Å². The third kappa shape index (κ3) is 2.76. The van der Waals surface area contributed by atoms with Gasteiger partial charge in [-0.1, -0.05) is 6.92 Å². The maximum atomic E-state index is 11.9. The third-order valence-electron chi connectivity index (χ3n) is 4.52. The molecule has 0 radical (unpaired) electrons. The van der Waals surface area contributed by atoms with Gasteiger partial charge < -0.3 is 16.0 Å². The van der Waals surface area contributed by atoms with Gasteiger partial charge in [-0.2, -0.15) is 0 Å². The van der Waals surface area contributed by atoms with Gasteiger partial charge in [-0.15, -0.1) is 0 Å². The Kier molecular flexibility index (Phi) is 3.72. The van der Waals surface area contributed by atoms with Crippen molar-refractivity contribution >= 4 is 11.6 Å². The molecule has 1 aliphatic rings. The van der Waals surface area contributed by atoms with E-state index in [0.717, 1.165) is 46.7 Å². The molecular formula is C19H19N5O. The largest absolute Gasteiger partial charge is 0.399 e. The molecule has 0 bridgehead atoms. The van der Waals surface area contributed by atoms with E-state index in [9.17, 15) is 4.79 Å². The maximum absolute atomic E-state index is 11.9. The zero-order valence-electron chi connectivity index (χ0n) is 14.0. The fourth-order valence-corrected chi connectivity index (χ4v) is 3.13. The molecule has 6 heteroatoms. The molecule has 0 unspecified atom stereocenters. The standard InChI is InChI=1S/C19H19N5O/c1-2-11-9-12(3-4-14(11)20)18-21-7-6-16(24-18)17-10-13-15(23-17)5-8-22-19(13)25/h3-4,6-7,9-10,23H,2,5,8,20H2,1H3,(H,22,25). The van der Waals surface area contributed by atoms with Gasteiger partial charge in [0.25, 0.3) is 5.91 Å². The summed E-state index contributed by atoms with van der Waals surface area (Å²) in [6.07, 6.45) is 3.40. The van der Waals surface area contributed by atoms with E-state index in [-0.39, 0.29) is 5.91 Å². The normalized spacial score (nSPS) is 13.4. The summed E-state index contributed by atoms with van der Waals surface area (Å²) in [4.78, 5) is 24.3. The van der Waals surface area contributed by atoms with Crippen molar-refractivity contribution in [1.29, 1.82) is 0 Å². The summed E-state index contributed by atoms with van der Waals surface area (Å²) >= 11 is 0. The first kappa shape index (κ1) is 15.4. The number of fused-ring (bicyclic) bond motifs is 1. The number of H-pyrrole nitrogens is 1. The highest BCUT2D eigenvalue weighted by Gasteiger charge is 2.20. The Hall–Kier alpha value is -3.15. The molecule has 0 atom stereocenters. The lowest BCUT2D eigenvalue weighted by Gasteiger charge is -2.10. The Morgan fingerprint density at radius 2 is 2.12 bits per heavy atom. The van der Waals surface area contributed by atoms with Crippen LogP contribution in [0.5, 0.6) is 0 Å². The van der Waals surface area contributed by atoms with Gasteiger partial charge >= 0.3 is 0 Å². The number of rotatable bonds is 3. The molecule has 1 amide bonds. The predicted molar refractivity (Wildman–Crippen MR) is 97.1 cm³/mol. The Balaban J connectivity index is 1.74. The lowest BCUT2D eigenvalue weighted by molar-refractivity contribution is 0.0946. The Labute approximate surface area is 145 Å². The average Bonchev–Trinajstić information content (AvgIpc) is 3.08. The number of nitrogens with two attached hydrogens (primary N) is 1. The first-order valence-corrected chi connectivity index (χ1v) is 8.38. The molecule has 25 heavy (non-hydrogen) atoms. The van der Waals surface area contributed by atoms with Crippen molar-refractivity contribution < 1.29 is 4.79 Å². The maximum Gasteiger partial charge on any atom is 0.253 e. The Bertz CT molecular complexity index is 960. The van der Waals surface area contributed by atoms with E-state index in [4.69, 9.17) is 5.73 Å². The number of amides is 1. The first-order chi connectivity index (χ1) is 12.2. The van der Waals surface area contributed by atoms with Crippen LogP contribution in [-0.2, 0) is 12.8 Å². The first-order valence-electron chi connectivity index (χ1n) is 8.38. The molecule has 1 aliphatic heterocycles. The van der Waals surface area contributed by atoms with Crippen LogP contribution in [0, 0.1) is 0 Å². The van der Waals surface area contributed by atoms with Crippen molar-refractivity contribution in [2.75, 3.05) is 12.3 Å². The molecule has 3 heterocycles. The fraction of sp³-hybridized carbons (Fsp3) is 0.211. The van der Waals surface area contributed by atoms with Crippen LogP contribution >= 0.6 is 0 Å². The number of nitrogen functional groups attached to an aromatic ring is 1. The molecule has 4 N–H and O–H groups in total. The van der Waals surface area contributed by atoms with E-state index in [0.29, 0.717) is 17.9 Å². The number of aromatic nitrogens is 3.